The Morgan fingerprint density at radius 3 is 2.64 bits per heavy atom. The smallest absolute Gasteiger partial charge is 0.191 e. The molecule has 0 atom stereocenters. The van der Waals surface area contributed by atoms with Gasteiger partial charge in [-0.3, -0.25) is 4.99 Å². The van der Waals surface area contributed by atoms with Crippen LogP contribution < -0.4 is 15.4 Å². The van der Waals surface area contributed by atoms with Gasteiger partial charge in [-0.05, 0) is 44.4 Å². The molecule has 0 spiro atoms. The minimum atomic E-state index is -0.149. The molecule has 0 radical (unpaired) electrons. The van der Waals surface area contributed by atoms with Gasteiger partial charge in [-0.2, -0.15) is 0 Å². The van der Waals surface area contributed by atoms with E-state index in [-0.39, 0.29) is 29.4 Å². The van der Waals surface area contributed by atoms with Crippen molar-refractivity contribution in [2.45, 2.75) is 31.6 Å². The molecule has 0 saturated carbocycles. The zero-order chi connectivity index (χ0) is 19.5. The Morgan fingerprint density at radius 2 is 2.00 bits per heavy atom. The monoisotopic (exact) mass is 525 g/mol. The van der Waals surface area contributed by atoms with Crippen LogP contribution in [0.1, 0.15) is 31.7 Å². The quantitative estimate of drug-likeness (QED) is 0.223. The van der Waals surface area contributed by atoms with Crippen LogP contribution in [0.15, 0.2) is 23.2 Å². The topological polar surface area (TPSA) is 64.1 Å². The van der Waals surface area contributed by atoms with Crippen molar-refractivity contribution in [3.63, 3.8) is 0 Å². The van der Waals surface area contributed by atoms with Crippen LogP contribution in [0.2, 0.25) is 5.02 Å². The number of benzene rings is 1. The first-order chi connectivity index (χ1) is 13.1. The molecule has 0 amide bonds. The minimum absolute atomic E-state index is 0. The summed E-state index contributed by atoms with van der Waals surface area (Å²) < 4.78 is 16.4. The van der Waals surface area contributed by atoms with Gasteiger partial charge in [0.2, 0.25) is 0 Å². The number of aliphatic imine (C=N–C) groups is 1. The SMILES string of the molecule is CCNC(=NCC1(c2cc(Cl)ccc2OC)CCOCC1)NCCCOC.I. The lowest BCUT2D eigenvalue weighted by Crippen LogP contribution is -2.41. The van der Waals surface area contributed by atoms with Crippen molar-refractivity contribution >= 4 is 41.5 Å². The van der Waals surface area contributed by atoms with E-state index < -0.39 is 0 Å². The summed E-state index contributed by atoms with van der Waals surface area (Å²) in [6, 6.07) is 5.81. The highest BCUT2D eigenvalue weighted by atomic mass is 127. The largest absolute Gasteiger partial charge is 0.496 e. The van der Waals surface area contributed by atoms with Crippen molar-refractivity contribution in [2.75, 3.05) is 53.7 Å². The number of halogens is 2. The number of nitrogens with one attached hydrogen (secondary N) is 2. The maximum absolute atomic E-state index is 6.31. The summed E-state index contributed by atoms with van der Waals surface area (Å²) in [5.74, 6) is 1.68. The number of hydrogen-bond donors (Lipinski definition) is 2. The fourth-order valence-electron chi connectivity index (χ4n) is 3.36. The maximum atomic E-state index is 6.31. The highest BCUT2D eigenvalue weighted by Gasteiger charge is 2.37. The fraction of sp³-hybridized carbons (Fsp3) is 0.650. The molecular formula is C20H33ClIN3O3. The Kier molecular flexibility index (Phi) is 12.1. The number of ether oxygens (including phenoxy) is 3. The molecule has 160 valence electrons. The first kappa shape index (κ1) is 25.3. The maximum Gasteiger partial charge on any atom is 0.191 e. The van der Waals surface area contributed by atoms with Crippen LogP contribution in [0, 0.1) is 0 Å². The van der Waals surface area contributed by atoms with E-state index in [2.05, 4.69) is 17.6 Å². The Hall–Kier alpha value is -0.770. The molecule has 28 heavy (non-hydrogen) atoms. The molecular weight excluding hydrogens is 493 g/mol. The molecule has 1 aliphatic heterocycles. The van der Waals surface area contributed by atoms with E-state index >= 15 is 0 Å². The van der Waals surface area contributed by atoms with Gasteiger partial charge < -0.3 is 24.8 Å². The van der Waals surface area contributed by atoms with Gasteiger partial charge in [0, 0.05) is 56.0 Å². The molecule has 2 rings (SSSR count). The normalized spacial score (nSPS) is 16.2. The van der Waals surface area contributed by atoms with Crippen molar-refractivity contribution in [3.8, 4) is 5.75 Å². The zero-order valence-corrected chi connectivity index (χ0v) is 20.1. The highest BCUT2D eigenvalue weighted by molar-refractivity contribution is 14.0. The molecule has 6 nitrogen and oxygen atoms in total. The lowest BCUT2D eigenvalue weighted by molar-refractivity contribution is 0.0523. The lowest BCUT2D eigenvalue weighted by atomic mass is 9.73. The minimum Gasteiger partial charge on any atom is -0.496 e. The van der Waals surface area contributed by atoms with Crippen LogP contribution in [0.25, 0.3) is 0 Å². The van der Waals surface area contributed by atoms with Crippen molar-refractivity contribution in [1.29, 1.82) is 0 Å². The molecule has 2 N–H and O–H groups in total. The van der Waals surface area contributed by atoms with Gasteiger partial charge in [0.15, 0.2) is 5.96 Å². The van der Waals surface area contributed by atoms with E-state index in [4.69, 9.17) is 30.8 Å². The van der Waals surface area contributed by atoms with Gasteiger partial charge in [-0.1, -0.05) is 11.6 Å². The van der Waals surface area contributed by atoms with E-state index in [0.29, 0.717) is 24.8 Å². The number of nitrogens with zero attached hydrogens (tertiary/aromatic N) is 1. The van der Waals surface area contributed by atoms with Crippen LogP contribution in [0.5, 0.6) is 5.75 Å². The second kappa shape index (κ2) is 13.5. The Morgan fingerprint density at radius 1 is 1.25 bits per heavy atom. The predicted octanol–water partition coefficient (Wildman–Crippen LogP) is 3.61. The van der Waals surface area contributed by atoms with Crippen molar-refractivity contribution < 1.29 is 14.2 Å². The van der Waals surface area contributed by atoms with Gasteiger partial charge in [-0.25, -0.2) is 0 Å². The third kappa shape index (κ3) is 7.24. The summed E-state index contributed by atoms with van der Waals surface area (Å²) in [6.07, 6.45) is 2.70. The second-order valence-electron chi connectivity index (χ2n) is 6.71. The molecule has 1 aliphatic rings. The first-order valence-electron chi connectivity index (χ1n) is 9.58. The standard InChI is InChI=1S/C20H32ClN3O3.HI/c1-4-22-19(23-10-5-11-25-2)24-15-20(8-12-27-13-9-20)17-14-16(21)6-7-18(17)26-3;/h6-7,14H,4-5,8-13,15H2,1-3H3,(H2,22,23,24);1H. The van der Waals surface area contributed by atoms with Crippen molar-refractivity contribution in [3.05, 3.63) is 28.8 Å². The van der Waals surface area contributed by atoms with Gasteiger partial charge in [0.05, 0.1) is 13.7 Å². The summed E-state index contributed by atoms with van der Waals surface area (Å²) in [4.78, 5) is 4.89. The molecule has 1 saturated heterocycles. The van der Waals surface area contributed by atoms with E-state index in [1.807, 2.05) is 18.2 Å². The van der Waals surface area contributed by atoms with Gasteiger partial charge in [0.1, 0.15) is 5.75 Å². The molecule has 0 aromatic heterocycles. The average molecular weight is 526 g/mol. The number of methoxy groups -OCH3 is 2. The van der Waals surface area contributed by atoms with Crippen LogP contribution >= 0.6 is 35.6 Å². The third-order valence-corrected chi connectivity index (χ3v) is 5.12. The predicted molar refractivity (Wildman–Crippen MR) is 126 cm³/mol. The average Bonchev–Trinajstić information content (AvgIpc) is 2.70. The van der Waals surface area contributed by atoms with E-state index in [1.165, 1.54) is 0 Å². The third-order valence-electron chi connectivity index (χ3n) is 4.88. The Balaban J connectivity index is 0.00000392. The first-order valence-corrected chi connectivity index (χ1v) is 9.96. The molecule has 1 heterocycles. The number of guanidine groups is 1. The van der Waals surface area contributed by atoms with Crippen LogP contribution in [0.4, 0.5) is 0 Å². The summed E-state index contributed by atoms with van der Waals surface area (Å²) in [6.45, 7) is 6.49. The number of hydrogen-bond acceptors (Lipinski definition) is 4. The van der Waals surface area contributed by atoms with Crippen LogP contribution in [-0.2, 0) is 14.9 Å². The van der Waals surface area contributed by atoms with E-state index in [9.17, 15) is 0 Å². The molecule has 1 aromatic rings. The molecule has 8 heteroatoms. The van der Waals surface area contributed by atoms with Crippen molar-refractivity contribution in [2.24, 2.45) is 4.99 Å². The van der Waals surface area contributed by atoms with Crippen LogP contribution in [0.3, 0.4) is 0 Å². The van der Waals surface area contributed by atoms with E-state index in [1.54, 1.807) is 14.2 Å². The van der Waals surface area contributed by atoms with E-state index in [0.717, 1.165) is 56.2 Å². The molecule has 0 unspecified atom stereocenters. The summed E-state index contributed by atoms with van der Waals surface area (Å²) in [5, 5.41) is 7.40. The Labute approximate surface area is 190 Å². The summed E-state index contributed by atoms with van der Waals surface area (Å²) in [5.41, 5.74) is 0.961. The van der Waals surface area contributed by atoms with Gasteiger partial charge >= 0.3 is 0 Å². The van der Waals surface area contributed by atoms with Gasteiger partial charge in [-0.15, -0.1) is 24.0 Å². The summed E-state index contributed by atoms with van der Waals surface area (Å²) in [7, 11) is 3.41. The number of rotatable bonds is 9. The molecule has 0 bridgehead atoms. The lowest BCUT2D eigenvalue weighted by Gasteiger charge is -2.37. The summed E-state index contributed by atoms with van der Waals surface area (Å²) >= 11 is 6.31. The van der Waals surface area contributed by atoms with Crippen molar-refractivity contribution in [1.82, 2.24) is 10.6 Å². The second-order valence-corrected chi connectivity index (χ2v) is 7.14. The molecule has 1 aromatic carbocycles. The highest BCUT2D eigenvalue weighted by Crippen LogP contribution is 2.41. The van der Waals surface area contributed by atoms with Crippen LogP contribution in [-0.4, -0.2) is 59.6 Å². The fourth-order valence-corrected chi connectivity index (χ4v) is 3.54. The Bertz CT molecular complexity index is 610. The van der Waals surface area contributed by atoms with Gasteiger partial charge in [0.25, 0.3) is 0 Å². The molecule has 1 fully saturated rings. The molecule has 0 aliphatic carbocycles. The zero-order valence-electron chi connectivity index (χ0n) is 17.1.